The fourth-order valence-electron chi connectivity index (χ4n) is 2.26. The van der Waals surface area contributed by atoms with Crippen LogP contribution in [0.25, 0.3) is 5.76 Å². The molecule has 1 aromatic rings. The van der Waals surface area contributed by atoms with E-state index in [1.54, 1.807) is 0 Å². The van der Waals surface area contributed by atoms with E-state index >= 15 is 0 Å². The Labute approximate surface area is 95.9 Å². The summed E-state index contributed by atoms with van der Waals surface area (Å²) in [4.78, 5) is 11.1. The summed E-state index contributed by atoms with van der Waals surface area (Å²) in [5.74, 6) is 1.16. The van der Waals surface area contributed by atoms with E-state index in [0.29, 0.717) is 12.5 Å². The van der Waals surface area contributed by atoms with E-state index in [9.17, 15) is 4.79 Å². The van der Waals surface area contributed by atoms with E-state index in [4.69, 9.17) is 4.74 Å². The maximum atomic E-state index is 11.1. The van der Waals surface area contributed by atoms with Gasteiger partial charge in [-0.2, -0.15) is 0 Å². The van der Waals surface area contributed by atoms with E-state index < -0.39 is 0 Å². The lowest BCUT2D eigenvalue weighted by Crippen LogP contribution is -2.11. The number of benzene rings is 1. The molecule has 0 aliphatic heterocycles. The zero-order valence-corrected chi connectivity index (χ0v) is 9.69. The molecular formula is C14H16O2. The lowest BCUT2D eigenvalue weighted by molar-refractivity contribution is -0.105. The second-order valence-corrected chi connectivity index (χ2v) is 4.10. The highest BCUT2D eigenvalue weighted by atomic mass is 16.5. The number of carbonyl (C=O) groups is 1. The predicted molar refractivity (Wildman–Crippen MR) is 64.1 cm³/mol. The van der Waals surface area contributed by atoms with Crippen molar-refractivity contribution in [3.05, 3.63) is 41.0 Å². The third kappa shape index (κ3) is 1.75. The molecule has 0 aromatic heterocycles. The molecule has 2 nitrogen and oxygen atoms in total. The minimum Gasteiger partial charge on any atom is -0.493 e. The fraction of sp³-hybridized carbons (Fsp3) is 0.357. The number of aldehydes is 1. The first-order chi connectivity index (χ1) is 7.77. The highest BCUT2D eigenvalue weighted by Gasteiger charge is 2.24. The van der Waals surface area contributed by atoms with Crippen LogP contribution in [0.1, 0.15) is 37.3 Å². The van der Waals surface area contributed by atoms with Crippen molar-refractivity contribution < 1.29 is 9.53 Å². The molecule has 1 unspecified atom stereocenters. The van der Waals surface area contributed by atoms with E-state index in [2.05, 4.69) is 13.0 Å². The Morgan fingerprint density at radius 3 is 2.88 bits per heavy atom. The van der Waals surface area contributed by atoms with Gasteiger partial charge < -0.3 is 4.74 Å². The fourth-order valence-corrected chi connectivity index (χ4v) is 2.26. The van der Waals surface area contributed by atoms with E-state index in [0.717, 1.165) is 29.6 Å². The SMILES string of the molecule is CCOC1=C(C=O)CC(C)c2ccccc21. The highest BCUT2D eigenvalue weighted by molar-refractivity contribution is 5.88. The van der Waals surface area contributed by atoms with E-state index in [1.807, 2.05) is 25.1 Å². The molecular weight excluding hydrogens is 200 g/mol. The monoisotopic (exact) mass is 216 g/mol. The second kappa shape index (κ2) is 4.52. The van der Waals surface area contributed by atoms with Crippen LogP contribution < -0.4 is 0 Å². The predicted octanol–water partition coefficient (Wildman–Crippen LogP) is 3.14. The third-order valence-electron chi connectivity index (χ3n) is 2.99. The summed E-state index contributed by atoms with van der Waals surface area (Å²) < 4.78 is 5.61. The Hall–Kier alpha value is -1.57. The van der Waals surface area contributed by atoms with Gasteiger partial charge in [-0.1, -0.05) is 31.2 Å². The highest BCUT2D eigenvalue weighted by Crippen LogP contribution is 2.37. The van der Waals surface area contributed by atoms with Gasteiger partial charge in [-0.05, 0) is 24.8 Å². The van der Waals surface area contributed by atoms with Crippen molar-refractivity contribution in [3.63, 3.8) is 0 Å². The third-order valence-corrected chi connectivity index (χ3v) is 2.99. The summed E-state index contributed by atoms with van der Waals surface area (Å²) >= 11 is 0. The molecule has 0 heterocycles. The normalized spacial score (nSPS) is 19.2. The first-order valence-electron chi connectivity index (χ1n) is 5.68. The first-order valence-corrected chi connectivity index (χ1v) is 5.68. The topological polar surface area (TPSA) is 26.3 Å². The molecule has 0 saturated carbocycles. The van der Waals surface area contributed by atoms with Crippen LogP contribution in [-0.2, 0) is 9.53 Å². The van der Waals surface area contributed by atoms with Gasteiger partial charge in [-0.15, -0.1) is 0 Å². The van der Waals surface area contributed by atoms with Crippen LogP contribution in [0.2, 0.25) is 0 Å². The van der Waals surface area contributed by atoms with Gasteiger partial charge in [-0.25, -0.2) is 0 Å². The molecule has 0 N–H and O–H groups in total. The quantitative estimate of drug-likeness (QED) is 0.725. The summed E-state index contributed by atoms with van der Waals surface area (Å²) in [7, 11) is 0. The maximum absolute atomic E-state index is 11.1. The van der Waals surface area contributed by atoms with Crippen molar-refractivity contribution >= 4 is 12.0 Å². The molecule has 2 rings (SSSR count). The summed E-state index contributed by atoms with van der Waals surface area (Å²) in [6, 6.07) is 8.16. The van der Waals surface area contributed by atoms with Crippen molar-refractivity contribution in [2.24, 2.45) is 0 Å². The van der Waals surface area contributed by atoms with Crippen LogP contribution >= 0.6 is 0 Å². The Morgan fingerprint density at radius 2 is 2.19 bits per heavy atom. The number of carbonyl (C=O) groups excluding carboxylic acids is 1. The summed E-state index contributed by atoms with van der Waals surface area (Å²) in [6.07, 6.45) is 1.70. The molecule has 0 fully saturated rings. The molecule has 0 bridgehead atoms. The lowest BCUT2D eigenvalue weighted by Gasteiger charge is -2.25. The number of hydrogen-bond donors (Lipinski definition) is 0. The molecule has 0 radical (unpaired) electrons. The molecule has 1 aliphatic carbocycles. The zero-order chi connectivity index (χ0) is 11.5. The van der Waals surface area contributed by atoms with Gasteiger partial charge in [0.05, 0.1) is 6.61 Å². The summed E-state index contributed by atoms with van der Waals surface area (Å²) in [5, 5.41) is 0. The molecule has 2 heteroatoms. The van der Waals surface area contributed by atoms with Crippen LogP contribution in [0.5, 0.6) is 0 Å². The Morgan fingerprint density at radius 1 is 1.44 bits per heavy atom. The molecule has 0 saturated heterocycles. The van der Waals surface area contributed by atoms with Crippen molar-refractivity contribution in [3.8, 4) is 0 Å². The van der Waals surface area contributed by atoms with Gasteiger partial charge in [-0.3, -0.25) is 4.79 Å². The van der Waals surface area contributed by atoms with Gasteiger partial charge in [0.15, 0.2) is 0 Å². The van der Waals surface area contributed by atoms with Gasteiger partial charge in [0.1, 0.15) is 12.0 Å². The Bertz CT molecular complexity index is 432. The number of hydrogen-bond acceptors (Lipinski definition) is 2. The lowest BCUT2D eigenvalue weighted by atomic mass is 9.83. The van der Waals surface area contributed by atoms with Crippen molar-refractivity contribution in [2.75, 3.05) is 6.61 Å². The van der Waals surface area contributed by atoms with Crippen LogP contribution in [0.4, 0.5) is 0 Å². The summed E-state index contributed by atoms with van der Waals surface area (Å²) in [6.45, 7) is 4.68. The molecule has 1 aromatic carbocycles. The van der Waals surface area contributed by atoms with Crippen LogP contribution in [0.15, 0.2) is 29.8 Å². The van der Waals surface area contributed by atoms with Gasteiger partial charge in [0.25, 0.3) is 0 Å². The Balaban J connectivity index is 2.55. The molecule has 84 valence electrons. The second-order valence-electron chi connectivity index (χ2n) is 4.10. The van der Waals surface area contributed by atoms with Gasteiger partial charge >= 0.3 is 0 Å². The number of allylic oxidation sites excluding steroid dienone is 1. The molecule has 0 spiro atoms. The molecule has 16 heavy (non-hydrogen) atoms. The van der Waals surface area contributed by atoms with Gasteiger partial charge in [0.2, 0.25) is 0 Å². The summed E-state index contributed by atoms with van der Waals surface area (Å²) in [5.41, 5.74) is 3.13. The molecule has 1 aliphatic rings. The average Bonchev–Trinajstić information content (AvgIpc) is 2.33. The standard InChI is InChI=1S/C14H16O2/c1-3-16-14-11(9-15)8-10(2)12-6-4-5-7-13(12)14/h4-7,9-10H,3,8H2,1-2H3. The van der Waals surface area contributed by atoms with Crippen molar-refractivity contribution in [1.82, 2.24) is 0 Å². The zero-order valence-electron chi connectivity index (χ0n) is 9.69. The smallest absolute Gasteiger partial charge is 0.149 e. The average molecular weight is 216 g/mol. The van der Waals surface area contributed by atoms with Crippen LogP contribution in [0, 0.1) is 0 Å². The first kappa shape index (κ1) is 10.9. The number of rotatable bonds is 3. The van der Waals surface area contributed by atoms with Crippen LogP contribution in [0.3, 0.4) is 0 Å². The number of fused-ring (bicyclic) bond motifs is 1. The minimum absolute atomic E-state index is 0.389. The molecule has 1 atom stereocenters. The minimum atomic E-state index is 0.389. The maximum Gasteiger partial charge on any atom is 0.149 e. The van der Waals surface area contributed by atoms with E-state index in [-0.39, 0.29) is 0 Å². The van der Waals surface area contributed by atoms with E-state index in [1.165, 1.54) is 5.56 Å². The van der Waals surface area contributed by atoms with Crippen molar-refractivity contribution in [2.45, 2.75) is 26.2 Å². The molecule has 0 amide bonds. The number of ether oxygens (including phenoxy) is 1. The van der Waals surface area contributed by atoms with Crippen molar-refractivity contribution in [1.29, 1.82) is 0 Å². The Kier molecular flexibility index (Phi) is 3.09. The largest absolute Gasteiger partial charge is 0.493 e. The van der Waals surface area contributed by atoms with Gasteiger partial charge in [0, 0.05) is 11.1 Å². The van der Waals surface area contributed by atoms with Crippen LogP contribution in [-0.4, -0.2) is 12.9 Å².